The first-order chi connectivity index (χ1) is 34.2. The Bertz CT molecular complexity index is 3990. The maximum Gasteiger partial charge on any atom is 0.167 e. The molecule has 0 spiro atoms. The van der Waals surface area contributed by atoms with Crippen LogP contribution in [-0.2, 0) is 5.41 Å². The highest BCUT2D eigenvalue weighted by Gasteiger charge is 2.50. The molecule has 10 aromatic carbocycles. The van der Waals surface area contributed by atoms with Crippen molar-refractivity contribution < 1.29 is 8.83 Å². The summed E-state index contributed by atoms with van der Waals surface area (Å²) in [7, 11) is 0. The molecular formula is C64H39N3O2. The SMILES string of the molecule is c1ccc(-c2ccc(-c3cc4c(c5oc6ccccc6c35)-c3c(cc(-c5nc(-c6ccccc6)nc(-c6ccccc6)n5)c5oc6ccccc6c35)C4(c3ccccc3)c3ccccc3)cc2)cc1. The Labute approximate surface area is 397 Å². The van der Waals surface area contributed by atoms with Crippen LogP contribution in [0.5, 0.6) is 0 Å². The third-order valence-electron chi connectivity index (χ3n) is 14.0. The first-order valence-electron chi connectivity index (χ1n) is 23.3. The number of fused-ring (bicyclic) bond motifs is 11. The van der Waals surface area contributed by atoms with Gasteiger partial charge in [0, 0.05) is 43.8 Å². The minimum absolute atomic E-state index is 0.522. The van der Waals surface area contributed by atoms with E-state index in [1.54, 1.807) is 0 Å². The maximum absolute atomic E-state index is 7.29. The van der Waals surface area contributed by atoms with Crippen molar-refractivity contribution in [1.29, 1.82) is 0 Å². The van der Waals surface area contributed by atoms with E-state index in [0.29, 0.717) is 23.1 Å². The van der Waals surface area contributed by atoms with E-state index in [1.165, 1.54) is 5.56 Å². The summed E-state index contributed by atoms with van der Waals surface area (Å²) in [6.45, 7) is 0. The summed E-state index contributed by atoms with van der Waals surface area (Å²) in [5, 5.41) is 4.12. The molecule has 0 fully saturated rings. The van der Waals surface area contributed by atoms with Crippen molar-refractivity contribution in [1.82, 2.24) is 15.0 Å². The molecule has 0 unspecified atom stereocenters. The highest BCUT2D eigenvalue weighted by Crippen LogP contribution is 2.63. The number of benzene rings is 10. The fraction of sp³-hybridized carbons (Fsp3) is 0.0156. The number of rotatable bonds is 7. The molecule has 5 heteroatoms. The van der Waals surface area contributed by atoms with Gasteiger partial charge in [0.05, 0.1) is 11.0 Å². The Morgan fingerprint density at radius 3 is 1.28 bits per heavy atom. The lowest BCUT2D eigenvalue weighted by atomic mass is 9.67. The zero-order valence-corrected chi connectivity index (χ0v) is 37.2. The summed E-state index contributed by atoms with van der Waals surface area (Å²) in [4.78, 5) is 15.8. The van der Waals surface area contributed by atoms with Gasteiger partial charge >= 0.3 is 0 Å². The molecule has 0 N–H and O–H groups in total. The molecule has 0 atom stereocenters. The summed E-state index contributed by atoms with van der Waals surface area (Å²) < 4.78 is 14.4. The topological polar surface area (TPSA) is 65.0 Å². The van der Waals surface area contributed by atoms with Gasteiger partial charge in [0.25, 0.3) is 0 Å². The van der Waals surface area contributed by atoms with E-state index in [0.717, 1.165) is 105 Å². The first-order valence-corrected chi connectivity index (χ1v) is 23.3. The van der Waals surface area contributed by atoms with Gasteiger partial charge < -0.3 is 8.83 Å². The Hall–Kier alpha value is -9.19. The molecule has 3 heterocycles. The number of furan rings is 2. The highest BCUT2D eigenvalue weighted by molar-refractivity contribution is 6.25. The summed E-state index contributed by atoms with van der Waals surface area (Å²) in [6.07, 6.45) is 0. The van der Waals surface area contributed by atoms with Crippen molar-refractivity contribution in [2.24, 2.45) is 0 Å². The third-order valence-corrected chi connectivity index (χ3v) is 14.0. The molecule has 13 aromatic rings. The zero-order valence-electron chi connectivity index (χ0n) is 37.2. The van der Waals surface area contributed by atoms with E-state index in [2.05, 4.69) is 170 Å². The van der Waals surface area contributed by atoms with Crippen LogP contribution >= 0.6 is 0 Å². The average Bonchev–Trinajstić information content (AvgIpc) is 4.10. The fourth-order valence-corrected chi connectivity index (χ4v) is 11.0. The van der Waals surface area contributed by atoms with Crippen LogP contribution < -0.4 is 0 Å². The molecule has 0 bridgehead atoms. The van der Waals surface area contributed by atoms with Crippen LogP contribution in [0, 0.1) is 0 Å². The van der Waals surface area contributed by atoms with Gasteiger partial charge in [-0.15, -0.1) is 0 Å². The molecule has 322 valence electrons. The van der Waals surface area contributed by atoms with Crippen molar-refractivity contribution in [3.05, 3.63) is 259 Å². The van der Waals surface area contributed by atoms with Gasteiger partial charge in [-0.2, -0.15) is 0 Å². The Kier molecular flexibility index (Phi) is 8.73. The molecule has 3 aromatic heterocycles. The van der Waals surface area contributed by atoms with Crippen LogP contribution in [0.4, 0.5) is 0 Å². The summed E-state index contributed by atoms with van der Waals surface area (Å²) in [5.41, 5.74) is 16.0. The van der Waals surface area contributed by atoms with Crippen LogP contribution in [0.15, 0.2) is 245 Å². The molecule has 69 heavy (non-hydrogen) atoms. The number of nitrogens with zero attached hydrogens (tertiary/aromatic N) is 3. The molecule has 0 aliphatic heterocycles. The van der Waals surface area contributed by atoms with Crippen molar-refractivity contribution in [2.45, 2.75) is 5.41 Å². The van der Waals surface area contributed by atoms with E-state index in [4.69, 9.17) is 23.8 Å². The van der Waals surface area contributed by atoms with Crippen molar-refractivity contribution >= 4 is 43.9 Å². The fourth-order valence-electron chi connectivity index (χ4n) is 11.0. The third kappa shape index (κ3) is 5.94. The molecule has 1 aliphatic rings. The van der Waals surface area contributed by atoms with Crippen molar-refractivity contribution in [2.75, 3.05) is 0 Å². The molecule has 0 saturated heterocycles. The Morgan fingerprint density at radius 2 is 0.710 bits per heavy atom. The summed E-state index contributed by atoms with van der Waals surface area (Å²) >= 11 is 0. The van der Waals surface area contributed by atoms with Crippen LogP contribution in [0.3, 0.4) is 0 Å². The second-order valence-corrected chi connectivity index (χ2v) is 17.8. The van der Waals surface area contributed by atoms with Crippen LogP contribution in [0.2, 0.25) is 0 Å². The van der Waals surface area contributed by atoms with Crippen molar-refractivity contribution in [3.8, 4) is 67.5 Å². The largest absolute Gasteiger partial charge is 0.455 e. The molecule has 0 amide bonds. The number of hydrogen-bond donors (Lipinski definition) is 0. The molecule has 0 saturated carbocycles. The van der Waals surface area contributed by atoms with E-state index < -0.39 is 5.41 Å². The van der Waals surface area contributed by atoms with E-state index >= 15 is 0 Å². The molecule has 14 rings (SSSR count). The normalized spacial score (nSPS) is 12.8. The van der Waals surface area contributed by atoms with Gasteiger partial charge in [-0.05, 0) is 68.8 Å². The summed E-state index contributed by atoms with van der Waals surface area (Å²) in [6, 6.07) is 83.3. The Balaban J connectivity index is 1.16. The Morgan fingerprint density at radius 1 is 0.304 bits per heavy atom. The lowest BCUT2D eigenvalue weighted by Gasteiger charge is -2.34. The van der Waals surface area contributed by atoms with Crippen LogP contribution in [0.25, 0.3) is 111 Å². The van der Waals surface area contributed by atoms with E-state index in [9.17, 15) is 0 Å². The van der Waals surface area contributed by atoms with Gasteiger partial charge in [0.2, 0.25) is 0 Å². The smallest absolute Gasteiger partial charge is 0.167 e. The molecular weight excluding hydrogens is 843 g/mol. The molecule has 0 radical (unpaired) electrons. The predicted molar refractivity (Wildman–Crippen MR) is 279 cm³/mol. The first kappa shape index (κ1) is 39.0. The van der Waals surface area contributed by atoms with Crippen LogP contribution in [-0.4, -0.2) is 15.0 Å². The number of para-hydroxylation sites is 2. The second-order valence-electron chi connectivity index (χ2n) is 17.8. The molecule has 5 nitrogen and oxygen atoms in total. The monoisotopic (exact) mass is 881 g/mol. The van der Waals surface area contributed by atoms with Gasteiger partial charge in [-0.1, -0.05) is 212 Å². The lowest BCUT2D eigenvalue weighted by molar-refractivity contribution is 0.669. The molecule has 1 aliphatic carbocycles. The van der Waals surface area contributed by atoms with Crippen LogP contribution in [0.1, 0.15) is 22.3 Å². The standard InChI is InChI=1S/C64H39N3O2/c1-6-20-40(21-7-1)41-34-36-42(37-35-41)49-38-52-58(60-55(49)47-30-16-18-32-53(47)69-60)57-51(64(52,45-26-12-4-13-27-45)46-28-14-5-15-29-46)39-50(59-56(57)48-31-17-19-33-54(48)68-59)63-66-61(43-22-8-2-9-23-43)65-62(67-63)44-24-10-3-11-25-44/h1-39H. The van der Waals surface area contributed by atoms with Gasteiger partial charge in [-0.3, -0.25) is 0 Å². The van der Waals surface area contributed by atoms with Crippen molar-refractivity contribution in [3.63, 3.8) is 0 Å². The minimum Gasteiger partial charge on any atom is -0.455 e. The predicted octanol–water partition coefficient (Wildman–Crippen LogP) is 16.4. The van der Waals surface area contributed by atoms with Gasteiger partial charge in [0.15, 0.2) is 17.5 Å². The van der Waals surface area contributed by atoms with E-state index in [-0.39, 0.29) is 0 Å². The second kappa shape index (κ2) is 15.4. The van der Waals surface area contributed by atoms with Gasteiger partial charge in [0.1, 0.15) is 22.3 Å². The van der Waals surface area contributed by atoms with Gasteiger partial charge in [-0.25, -0.2) is 15.0 Å². The minimum atomic E-state index is -0.849. The maximum atomic E-state index is 7.29. The quantitative estimate of drug-likeness (QED) is 0.160. The average molecular weight is 882 g/mol. The number of aromatic nitrogens is 3. The highest BCUT2D eigenvalue weighted by atomic mass is 16.3. The zero-order chi connectivity index (χ0) is 45.5. The van der Waals surface area contributed by atoms with E-state index in [1.807, 2.05) is 66.7 Å². The number of hydrogen-bond acceptors (Lipinski definition) is 5. The lowest BCUT2D eigenvalue weighted by Crippen LogP contribution is -2.28. The summed E-state index contributed by atoms with van der Waals surface area (Å²) in [5.74, 6) is 1.68.